The number of nitrogen functional groups attached to an aromatic ring is 1. The number of piperidine rings is 1. The Morgan fingerprint density at radius 2 is 2.35 bits per heavy atom. The van der Waals surface area contributed by atoms with E-state index in [1.54, 1.807) is 0 Å². The molecule has 0 saturated carbocycles. The number of hydrogen-bond donors (Lipinski definition) is 4. The minimum Gasteiger partial charge on any atom is -0.481 e. The Labute approximate surface area is 132 Å². The number of carbonyl (C=O) groups is 1. The van der Waals surface area contributed by atoms with Crippen LogP contribution in [0.2, 0.25) is 0 Å². The molecule has 1 saturated heterocycles. The number of anilines is 2. The molecule has 5 N–H and O–H groups in total. The number of aliphatic hydroxyl groups excluding tert-OH is 1. The zero-order chi connectivity index (χ0) is 16.6. The summed E-state index contributed by atoms with van der Waals surface area (Å²) in [5.74, 6) is -0.308. The fraction of sp³-hybridized carbons (Fsp3) is 0.571. The molecule has 0 bridgehead atoms. The second kappa shape index (κ2) is 5.65. The lowest BCUT2D eigenvalue weighted by Gasteiger charge is -2.43. The van der Waals surface area contributed by atoms with Crippen LogP contribution in [0.25, 0.3) is 11.2 Å². The lowest BCUT2D eigenvalue weighted by molar-refractivity contribution is -0.159. The molecule has 1 aliphatic rings. The molecule has 9 heteroatoms. The number of aliphatic hydroxyl groups is 1. The summed E-state index contributed by atoms with van der Waals surface area (Å²) >= 11 is 0. The molecule has 1 aliphatic heterocycles. The largest absolute Gasteiger partial charge is 0.481 e. The van der Waals surface area contributed by atoms with Gasteiger partial charge in [0.1, 0.15) is 5.52 Å². The third-order valence-electron chi connectivity index (χ3n) is 4.56. The van der Waals surface area contributed by atoms with Crippen LogP contribution in [0.1, 0.15) is 26.2 Å². The first kappa shape index (κ1) is 15.5. The highest BCUT2D eigenvalue weighted by molar-refractivity contribution is 5.84. The van der Waals surface area contributed by atoms with Crippen molar-refractivity contribution in [1.29, 1.82) is 0 Å². The zero-order valence-electron chi connectivity index (χ0n) is 12.9. The fourth-order valence-electron chi connectivity index (χ4n) is 3.33. The fourth-order valence-corrected chi connectivity index (χ4v) is 3.33. The Balaban J connectivity index is 1.92. The SMILES string of the molecule is CCC[C@]1(C(=O)O)CCN(c2nc(N)nc3nc[nH]c23)CC1O. The van der Waals surface area contributed by atoms with E-state index in [1.165, 1.54) is 6.33 Å². The molecular formula is C14H20N6O3. The number of imidazole rings is 1. The summed E-state index contributed by atoms with van der Waals surface area (Å²) in [6, 6.07) is 0. The van der Waals surface area contributed by atoms with Crippen molar-refractivity contribution in [2.45, 2.75) is 32.3 Å². The van der Waals surface area contributed by atoms with Gasteiger partial charge in [-0.2, -0.15) is 9.97 Å². The van der Waals surface area contributed by atoms with E-state index in [-0.39, 0.29) is 12.5 Å². The van der Waals surface area contributed by atoms with E-state index in [4.69, 9.17) is 5.73 Å². The number of H-pyrrole nitrogens is 1. The van der Waals surface area contributed by atoms with Crippen LogP contribution < -0.4 is 10.6 Å². The highest BCUT2D eigenvalue weighted by atomic mass is 16.4. The third-order valence-corrected chi connectivity index (χ3v) is 4.56. The average Bonchev–Trinajstić information content (AvgIpc) is 2.96. The molecule has 2 aromatic heterocycles. The molecule has 2 aromatic rings. The number of β-amino-alcohol motifs (C(OH)–C–C–N with tert-alkyl or cyclic N) is 1. The molecule has 0 aliphatic carbocycles. The van der Waals surface area contributed by atoms with Gasteiger partial charge in [-0.25, -0.2) is 4.98 Å². The topological polar surface area (TPSA) is 141 Å². The molecule has 124 valence electrons. The molecule has 2 atom stereocenters. The predicted molar refractivity (Wildman–Crippen MR) is 83.9 cm³/mol. The van der Waals surface area contributed by atoms with Crippen LogP contribution >= 0.6 is 0 Å². The van der Waals surface area contributed by atoms with Gasteiger partial charge in [0.15, 0.2) is 11.5 Å². The summed E-state index contributed by atoms with van der Waals surface area (Å²) in [6.07, 6.45) is 2.01. The van der Waals surface area contributed by atoms with Crippen molar-refractivity contribution in [1.82, 2.24) is 19.9 Å². The third kappa shape index (κ3) is 2.46. The number of nitrogens with zero attached hydrogens (tertiary/aromatic N) is 4. The highest BCUT2D eigenvalue weighted by Crippen LogP contribution is 2.38. The highest BCUT2D eigenvalue weighted by Gasteiger charge is 2.48. The van der Waals surface area contributed by atoms with Gasteiger partial charge in [0, 0.05) is 13.1 Å². The lowest BCUT2D eigenvalue weighted by Crippen LogP contribution is -2.55. The molecule has 1 fully saturated rings. The number of fused-ring (bicyclic) bond motifs is 1. The van der Waals surface area contributed by atoms with Gasteiger partial charge in [-0.05, 0) is 12.8 Å². The Kier molecular flexibility index (Phi) is 3.80. The molecule has 3 rings (SSSR count). The van der Waals surface area contributed by atoms with Gasteiger partial charge in [-0.3, -0.25) is 4.79 Å². The van der Waals surface area contributed by atoms with Gasteiger partial charge >= 0.3 is 5.97 Å². The van der Waals surface area contributed by atoms with E-state index in [1.807, 2.05) is 11.8 Å². The standard InChI is InChI=1S/C14H20N6O3/c1-2-3-14(12(22)23)4-5-20(6-8(14)21)11-9-10(17-7-16-9)18-13(15)19-11/h7-8,21H,2-6H2,1H3,(H,22,23)(H3,15,16,17,18,19)/t8?,14-/m0/s1. The Bertz CT molecular complexity index is 732. The maximum atomic E-state index is 11.7. The van der Waals surface area contributed by atoms with Crippen molar-refractivity contribution in [3.63, 3.8) is 0 Å². The Morgan fingerprint density at radius 3 is 3.00 bits per heavy atom. The summed E-state index contributed by atoms with van der Waals surface area (Å²) in [5.41, 5.74) is 5.69. The molecular weight excluding hydrogens is 300 g/mol. The van der Waals surface area contributed by atoms with Crippen molar-refractivity contribution in [3.05, 3.63) is 6.33 Å². The van der Waals surface area contributed by atoms with E-state index < -0.39 is 17.5 Å². The summed E-state index contributed by atoms with van der Waals surface area (Å²) in [4.78, 5) is 28.8. The van der Waals surface area contributed by atoms with Crippen molar-refractivity contribution >= 4 is 28.9 Å². The summed E-state index contributed by atoms with van der Waals surface area (Å²) < 4.78 is 0. The monoisotopic (exact) mass is 320 g/mol. The van der Waals surface area contributed by atoms with Gasteiger partial charge in [-0.15, -0.1) is 0 Å². The first-order valence-electron chi connectivity index (χ1n) is 7.61. The van der Waals surface area contributed by atoms with Crippen LogP contribution in [0, 0.1) is 5.41 Å². The maximum absolute atomic E-state index is 11.7. The zero-order valence-corrected chi connectivity index (χ0v) is 12.9. The van der Waals surface area contributed by atoms with Gasteiger partial charge in [0.05, 0.1) is 17.8 Å². The Hall–Kier alpha value is -2.42. The van der Waals surface area contributed by atoms with Crippen molar-refractivity contribution < 1.29 is 15.0 Å². The van der Waals surface area contributed by atoms with Gasteiger partial charge < -0.3 is 25.8 Å². The number of aromatic amines is 1. The number of hydrogen-bond acceptors (Lipinski definition) is 7. The molecule has 0 radical (unpaired) electrons. The molecule has 0 spiro atoms. The number of rotatable bonds is 4. The van der Waals surface area contributed by atoms with E-state index in [2.05, 4.69) is 19.9 Å². The number of aromatic nitrogens is 4. The first-order chi connectivity index (χ1) is 11.0. The number of nitrogens with two attached hydrogens (primary N) is 1. The van der Waals surface area contributed by atoms with Gasteiger partial charge in [0.25, 0.3) is 0 Å². The van der Waals surface area contributed by atoms with E-state index in [0.29, 0.717) is 42.8 Å². The summed E-state index contributed by atoms with van der Waals surface area (Å²) in [5, 5.41) is 20.1. The number of nitrogens with one attached hydrogen (secondary N) is 1. The van der Waals surface area contributed by atoms with Crippen molar-refractivity contribution in [2.75, 3.05) is 23.7 Å². The quantitative estimate of drug-likeness (QED) is 0.633. The maximum Gasteiger partial charge on any atom is 0.312 e. The van der Waals surface area contributed by atoms with Crippen LogP contribution in [0.3, 0.4) is 0 Å². The van der Waals surface area contributed by atoms with E-state index in [0.717, 1.165) is 0 Å². The van der Waals surface area contributed by atoms with Gasteiger partial charge in [0.2, 0.25) is 5.95 Å². The Morgan fingerprint density at radius 1 is 1.57 bits per heavy atom. The summed E-state index contributed by atoms with van der Waals surface area (Å²) in [7, 11) is 0. The predicted octanol–water partition coefficient (Wildman–Crippen LogP) is 0.377. The lowest BCUT2D eigenvalue weighted by atomic mass is 9.73. The van der Waals surface area contributed by atoms with Crippen molar-refractivity contribution in [3.8, 4) is 0 Å². The van der Waals surface area contributed by atoms with Crippen LogP contribution in [0.15, 0.2) is 6.33 Å². The molecule has 0 aromatic carbocycles. The number of aliphatic carboxylic acids is 1. The first-order valence-corrected chi connectivity index (χ1v) is 7.61. The van der Waals surface area contributed by atoms with Crippen LogP contribution in [-0.2, 0) is 4.79 Å². The normalized spacial score (nSPS) is 25.0. The average molecular weight is 320 g/mol. The molecule has 1 unspecified atom stereocenters. The molecule has 23 heavy (non-hydrogen) atoms. The van der Waals surface area contributed by atoms with Crippen LogP contribution in [0.4, 0.5) is 11.8 Å². The molecule has 9 nitrogen and oxygen atoms in total. The van der Waals surface area contributed by atoms with E-state index >= 15 is 0 Å². The molecule has 0 amide bonds. The minimum atomic E-state index is -1.10. The molecule has 3 heterocycles. The second-order valence-electron chi connectivity index (χ2n) is 5.93. The van der Waals surface area contributed by atoms with Crippen molar-refractivity contribution in [2.24, 2.45) is 5.41 Å². The van der Waals surface area contributed by atoms with Crippen LogP contribution in [0.5, 0.6) is 0 Å². The number of carboxylic acid groups (broad SMARTS) is 1. The number of carboxylic acids is 1. The second-order valence-corrected chi connectivity index (χ2v) is 5.93. The summed E-state index contributed by atoms with van der Waals surface area (Å²) in [6.45, 7) is 2.56. The minimum absolute atomic E-state index is 0.0951. The van der Waals surface area contributed by atoms with E-state index in [9.17, 15) is 15.0 Å². The van der Waals surface area contributed by atoms with Gasteiger partial charge in [-0.1, -0.05) is 13.3 Å². The smallest absolute Gasteiger partial charge is 0.312 e. The van der Waals surface area contributed by atoms with Crippen LogP contribution in [-0.4, -0.2) is 55.3 Å².